The number of nitrogens with zero attached hydrogens (tertiary/aromatic N) is 1. The van der Waals surface area contributed by atoms with Crippen molar-refractivity contribution in [1.29, 1.82) is 0 Å². The van der Waals surface area contributed by atoms with Crippen molar-refractivity contribution in [1.82, 2.24) is 4.90 Å². The van der Waals surface area contributed by atoms with E-state index in [-0.39, 0.29) is 18.6 Å². The monoisotopic (exact) mass is 379 g/mol. The van der Waals surface area contributed by atoms with Crippen LogP contribution in [-0.4, -0.2) is 47.4 Å². The summed E-state index contributed by atoms with van der Waals surface area (Å²) in [5.41, 5.74) is 0.574. The van der Waals surface area contributed by atoms with Crippen molar-refractivity contribution in [2.45, 2.75) is 71.4 Å². The van der Waals surface area contributed by atoms with Crippen LogP contribution in [0.15, 0.2) is 24.3 Å². The van der Waals surface area contributed by atoms with E-state index in [0.717, 1.165) is 24.2 Å². The van der Waals surface area contributed by atoms with E-state index in [2.05, 4.69) is 0 Å². The van der Waals surface area contributed by atoms with Gasteiger partial charge in [0, 0.05) is 19.5 Å². The largest absolute Gasteiger partial charge is 0.494 e. The molecule has 0 fully saturated rings. The summed E-state index contributed by atoms with van der Waals surface area (Å²) >= 11 is 0. The predicted octanol–water partition coefficient (Wildman–Crippen LogP) is 4.51. The molecule has 1 rings (SSSR count). The molecule has 1 N–H and O–H groups in total. The van der Waals surface area contributed by atoms with Crippen molar-refractivity contribution in [2.24, 2.45) is 0 Å². The smallest absolute Gasteiger partial charge is 0.410 e. The van der Waals surface area contributed by atoms with Gasteiger partial charge in [0.05, 0.1) is 6.61 Å². The topological polar surface area (TPSA) is 76.1 Å². The van der Waals surface area contributed by atoms with E-state index in [9.17, 15) is 9.59 Å². The fourth-order valence-electron chi connectivity index (χ4n) is 2.50. The Kier molecular flexibility index (Phi) is 9.12. The number of likely N-dealkylation sites (N-methyl/N-ethyl adjacent to an activating group) is 1. The molecule has 0 saturated carbocycles. The number of aliphatic carboxylic acids is 1. The van der Waals surface area contributed by atoms with Crippen molar-refractivity contribution in [2.75, 3.05) is 13.7 Å². The Balaban J connectivity index is 2.46. The number of unbranched alkanes of at least 4 members (excludes halogenated alkanes) is 2. The SMILES string of the molecule is C[C@@H](Cc1cccc(OCCCCCC(=O)O)c1)N(C)C(=O)OC(C)(C)C. The van der Waals surface area contributed by atoms with Crippen molar-refractivity contribution in [3.63, 3.8) is 0 Å². The molecule has 27 heavy (non-hydrogen) atoms. The highest BCUT2D eigenvalue weighted by Crippen LogP contribution is 2.18. The first kappa shape index (κ1) is 22.8. The lowest BCUT2D eigenvalue weighted by Gasteiger charge is -2.28. The number of carboxylic acid groups (broad SMARTS) is 1. The number of amides is 1. The molecule has 1 aromatic rings. The van der Waals surface area contributed by atoms with Gasteiger partial charge in [0.15, 0.2) is 0 Å². The van der Waals surface area contributed by atoms with E-state index < -0.39 is 11.6 Å². The highest BCUT2D eigenvalue weighted by atomic mass is 16.6. The number of carbonyl (C=O) groups excluding carboxylic acids is 1. The maximum absolute atomic E-state index is 12.2. The standard InChI is InChI=1S/C21H33NO5/c1-16(22(5)20(25)27-21(2,3)4)14-17-10-9-11-18(15-17)26-13-8-6-7-12-19(23)24/h9-11,15-16H,6-8,12-14H2,1-5H3,(H,23,24)/t16-/m0/s1. The van der Waals surface area contributed by atoms with Gasteiger partial charge in [-0.05, 0) is 71.1 Å². The molecular weight excluding hydrogens is 346 g/mol. The van der Waals surface area contributed by atoms with Crippen LogP contribution >= 0.6 is 0 Å². The number of hydrogen-bond acceptors (Lipinski definition) is 4. The van der Waals surface area contributed by atoms with E-state index in [1.807, 2.05) is 52.0 Å². The van der Waals surface area contributed by atoms with Gasteiger partial charge in [-0.25, -0.2) is 4.79 Å². The van der Waals surface area contributed by atoms with Crippen LogP contribution in [0.5, 0.6) is 5.75 Å². The average Bonchev–Trinajstić information content (AvgIpc) is 2.55. The lowest BCUT2D eigenvalue weighted by molar-refractivity contribution is -0.137. The highest BCUT2D eigenvalue weighted by Gasteiger charge is 2.23. The Hall–Kier alpha value is -2.24. The van der Waals surface area contributed by atoms with Gasteiger partial charge in [-0.2, -0.15) is 0 Å². The number of carboxylic acids is 1. The van der Waals surface area contributed by atoms with Crippen LogP contribution in [0.2, 0.25) is 0 Å². The fourth-order valence-corrected chi connectivity index (χ4v) is 2.50. The fraction of sp³-hybridized carbons (Fsp3) is 0.619. The van der Waals surface area contributed by atoms with Gasteiger partial charge in [-0.3, -0.25) is 4.79 Å². The highest BCUT2D eigenvalue weighted by molar-refractivity contribution is 5.68. The van der Waals surface area contributed by atoms with E-state index in [1.165, 1.54) is 0 Å². The molecule has 0 bridgehead atoms. The molecule has 6 heteroatoms. The average molecular weight is 379 g/mol. The molecule has 0 aliphatic heterocycles. The van der Waals surface area contributed by atoms with Gasteiger partial charge >= 0.3 is 12.1 Å². The van der Waals surface area contributed by atoms with Gasteiger partial charge in [0.1, 0.15) is 11.4 Å². The van der Waals surface area contributed by atoms with Gasteiger partial charge in [-0.15, -0.1) is 0 Å². The Morgan fingerprint density at radius 2 is 1.89 bits per heavy atom. The van der Waals surface area contributed by atoms with Crippen LogP contribution < -0.4 is 4.74 Å². The van der Waals surface area contributed by atoms with Gasteiger partial charge in [0.25, 0.3) is 0 Å². The third-order valence-electron chi connectivity index (χ3n) is 4.08. The van der Waals surface area contributed by atoms with E-state index in [1.54, 1.807) is 11.9 Å². The van der Waals surface area contributed by atoms with Crippen LogP contribution in [0.1, 0.15) is 58.9 Å². The Labute approximate surface area is 162 Å². The molecule has 1 atom stereocenters. The van der Waals surface area contributed by atoms with Crippen LogP contribution in [0, 0.1) is 0 Å². The molecule has 1 aromatic carbocycles. The Morgan fingerprint density at radius 1 is 1.19 bits per heavy atom. The molecule has 0 aliphatic rings. The minimum atomic E-state index is -0.755. The third-order valence-corrected chi connectivity index (χ3v) is 4.08. The minimum Gasteiger partial charge on any atom is -0.494 e. The first-order valence-corrected chi connectivity index (χ1v) is 9.48. The maximum atomic E-state index is 12.2. The van der Waals surface area contributed by atoms with Crippen LogP contribution in [0.3, 0.4) is 0 Å². The van der Waals surface area contributed by atoms with E-state index in [0.29, 0.717) is 19.4 Å². The Bertz CT molecular complexity index is 609. The van der Waals surface area contributed by atoms with Gasteiger partial charge < -0.3 is 19.5 Å². The minimum absolute atomic E-state index is 0.00822. The molecular formula is C21H33NO5. The summed E-state index contributed by atoms with van der Waals surface area (Å²) in [5.74, 6) is 0.0342. The number of carbonyl (C=O) groups is 2. The summed E-state index contributed by atoms with van der Waals surface area (Å²) in [6.07, 6.45) is 2.92. The summed E-state index contributed by atoms with van der Waals surface area (Å²) < 4.78 is 11.2. The molecule has 0 heterocycles. The second kappa shape index (κ2) is 10.8. The van der Waals surface area contributed by atoms with Gasteiger partial charge in [-0.1, -0.05) is 12.1 Å². The zero-order valence-corrected chi connectivity index (χ0v) is 17.2. The summed E-state index contributed by atoms with van der Waals surface area (Å²) in [6, 6.07) is 7.83. The number of hydrogen-bond donors (Lipinski definition) is 1. The van der Waals surface area contributed by atoms with E-state index >= 15 is 0 Å². The normalized spacial score (nSPS) is 12.3. The molecule has 0 saturated heterocycles. The molecule has 0 spiro atoms. The Morgan fingerprint density at radius 3 is 2.52 bits per heavy atom. The van der Waals surface area contributed by atoms with Crippen LogP contribution in [0.25, 0.3) is 0 Å². The number of ether oxygens (including phenoxy) is 2. The van der Waals surface area contributed by atoms with Crippen molar-refractivity contribution in [3.05, 3.63) is 29.8 Å². The molecule has 152 valence electrons. The van der Waals surface area contributed by atoms with E-state index in [4.69, 9.17) is 14.6 Å². The van der Waals surface area contributed by atoms with Crippen molar-refractivity contribution in [3.8, 4) is 5.75 Å². The van der Waals surface area contributed by atoms with Crippen molar-refractivity contribution >= 4 is 12.1 Å². The summed E-state index contributed by atoms with van der Waals surface area (Å²) in [6.45, 7) is 8.11. The van der Waals surface area contributed by atoms with Crippen molar-refractivity contribution < 1.29 is 24.2 Å². The zero-order chi connectivity index (χ0) is 20.4. The molecule has 1 amide bonds. The second-order valence-electron chi connectivity index (χ2n) is 7.84. The number of benzene rings is 1. The first-order chi connectivity index (χ1) is 12.6. The summed E-state index contributed by atoms with van der Waals surface area (Å²) in [7, 11) is 1.75. The molecule has 0 unspecified atom stereocenters. The zero-order valence-electron chi connectivity index (χ0n) is 17.2. The maximum Gasteiger partial charge on any atom is 0.410 e. The predicted molar refractivity (Wildman–Crippen MR) is 105 cm³/mol. The lowest BCUT2D eigenvalue weighted by Crippen LogP contribution is -2.40. The van der Waals surface area contributed by atoms with Gasteiger partial charge in [0.2, 0.25) is 0 Å². The summed E-state index contributed by atoms with van der Waals surface area (Å²) in [4.78, 5) is 24.3. The summed E-state index contributed by atoms with van der Waals surface area (Å²) in [5, 5.41) is 8.62. The lowest BCUT2D eigenvalue weighted by atomic mass is 10.1. The second-order valence-corrected chi connectivity index (χ2v) is 7.84. The molecule has 0 radical (unpaired) electrons. The first-order valence-electron chi connectivity index (χ1n) is 9.48. The van der Waals surface area contributed by atoms with Crippen LogP contribution in [0.4, 0.5) is 4.79 Å². The van der Waals surface area contributed by atoms with Crippen LogP contribution in [-0.2, 0) is 16.0 Å². The number of rotatable bonds is 10. The quantitative estimate of drug-likeness (QED) is 0.605. The molecule has 0 aliphatic carbocycles. The molecule has 6 nitrogen and oxygen atoms in total. The molecule has 0 aromatic heterocycles. The third kappa shape index (κ3) is 9.87.